The molecular weight excluding hydrogens is 420 g/mol. The molecule has 33 heavy (non-hydrogen) atoms. The van der Waals surface area contributed by atoms with Crippen LogP contribution in [0.25, 0.3) is 5.76 Å². The Hall–Kier alpha value is -3.32. The number of amides is 1. The molecule has 7 nitrogen and oxygen atoms in total. The minimum Gasteiger partial charge on any atom is -0.507 e. The lowest BCUT2D eigenvalue weighted by molar-refractivity contribution is -0.140. The van der Waals surface area contributed by atoms with Crippen LogP contribution in [-0.2, 0) is 9.59 Å². The van der Waals surface area contributed by atoms with E-state index >= 15 is 0 Å². The highest BCUT2D eigenvalue weighted by molar-refractivity contribution is 6.46. The van der Waals surface area contributed by atoms with Crippen molar-refractivity contribution in [2.24, 2.45) is 0 Å². The van der Waals surface area contributed by atoms with Gasteiger partial charge in [0.2, 0.25) is 0 Å². The first kappa shape index (κ1) is 22.9. The summed E-state index contributed by atoms with van der Waals surface area (Å²) in [5.74, 6) is -0.351. The lowest BCUT2D eigenvalue weighted by Gasteiger charge is -2.27. The van der Waals surface area contributed by atoms with Gasteiger partial charge in [-0.25, -0.2) is 0 Å². The zero-order chi connectivity index (χ0) is 23.4. The van der Waals surface area contributed by atoms with E-state index in [1.54, 1.807) is 23.1 Å². The zero-order valence-electron chi connectivity index (χ0n) is 19.1. The molecule has 1 fully saturated rings. The number of carbonyl (C=O) groups excluding carboxylic acids is 2. The largest absolute Gasteiger partial charge is 0.507 e. The summed E-state index contributed by atoms with van der Waals surface area (Å²) >= 11 is 0. The van der Waals surface area contributed by atoms with E-state index in [0.717, 1.165) is 31.6 Å². The van der Waals surface area contributed by atoms with Crippen LogP contribution >= 0.6 is 0 Å². The average Bonchev–Trinajstić information content (AvgIpc) is 3.11. The molecule has 7 heteroatoms. The van der Waals surface area contributed by atoms with Gasteiger partial charge in [0.25, 0.3) is 11.7 Å². The van der Waals surface area contributed by atoms with Gasteiger partial charge in [-0.1, -0.05) is 44.2 Å². The molecule has 2 aromatic rings. The first-order valence-electron chi connectivity index (χ1n) is 11.5. The molecule has 0 saturated carbocycles. The third kappa shape index (κ3) is 4.59. The third-order valence-electron chi connectivity index (χ3n) is 6.24. The number of Topliss-reactive ketones (excluding diaryl/α,β-unsaturated/α-hetero) is 1. The highest BCUT2D eigenvalue weighted by atomic mass is 16.6. The van der Waals surface area contributed by atoms with Crippen LogP contribution in [0.15, 0.2) is 54.1 Å². The second-order valence-electron chi connectivity index (χ2n) is 8.14. The number of carbonyl (C=O) groups is 2. The maximum absolute atomic E-state index is 13.1. The Balaban J connectivity index is 1.71. The molecule has 0 aromatic heterocycles. The van der Waals surface area contributed by atoms with Crippen molar-refractivity contribution in [1.82, 2.24) is 9.80 Å². The number of likely N-dealkylation sites (tertiary alicyclic amines) is 1. The number of ether oxygens (including phenoxy) is 2. The normalized spacial score (nSPS) is 19.4. The SMILES string of the molecule is CCN(CC)CCCN1C(=O)C(=O)/C(=C(/O)c2ccc3c(c2)OCCO3)[C@H]1c1ccccc1. The Bertz CT molecular complexity index is 1050. The Morgan fingerprint density at radius 3 is 2.42 bits per heavy atom. The summed E-state index contributed by atoms with van der Waals surface area (Å²) in [6, 6.07) is 13.8. The maximum atomic E-state index is 13.1. The van der Waals surface area contributed by atoms with E-state index in [9.17, 15) is 14.7 Å². The number of hydrogen-bond acceptors (Lipinski definition) is 6. The van der Waals surface area contributed by atoms with Crippen molar-refractivity contribution in [3.8, 4) is 11.5 Å². The predicted octanol–water partition coefficient (Wildman–Crippen LogP) is 3.61. The monoisotopic (exact) mass is 450 g/mol. The molecule has 2 heterocycles. The Labute approximate surface area is 194 Å². The number of ketones is 1. The molecule has 0 bridgehead atoms. The molecule has 2 aliphatic heterocycles. The number of fused-ring (bicyclic) bond motifs is 1. The Morgan fingerprint density at radius 1 is 1.03 bits per heavy atom. The molecule has 1 N–H and O–H groups in total. The zero-order valence-corrected chi connectivity index (χ0v) is 19.1. The fourth-order valence-corrected chi connectivity index (χ4v) is 4.44. The molecule has 0 spiro atoms. The molecule has 0 radical (unpaired) electrons. The van der Waals surface area contributed by atoms with Gasteiger partial charge in [-0.05, 0) is 49.8 Å². The van der Waals surface area contributed by atoms with E-state index in [-0.39, 0.29) is 11.3 Å². The third-order valence-corrected chi connectivity index (χ3v) is 6.24. The van der Waals surface area contributed by atoms with Gasteiger partial charge in [-0.15, -0.1) is 0 Å². The highest BCUT2D eigenvalue weighted by Gasteiger charge is 2.45. The lowest BCUT2D eigenvalue weighted by Crippen LogP contribution is -2.33. The van der Waals surface area contributed by atoms with Crippen LogP contribution in [0.1, 0.15) is 37.4 Å². The van der Waals surface area contributed by atoms with Crippen LogP contribution in [0.4, 0.5) is 0 Å². The molecular formula is C26H30N2O5. The van der Waals surface area contributed by atoms with Gasteiger partial charge >= 0.3 is 0 Å². The topological polar surface area (TPSA) is 79.3 Å². The fraction of sp³-hybridized carbons (Fsp3) is 0.385. The molecule has 1 saturated heterocycles. The van der Waals surface area contributed by atoms with Crippen molar-refractivity contribution in [1.29, 1.82) is 0 Å². The summed E-state index contributed by atoms with van der Waals surface area (Å²) in [5, 5.41) is 11.2. The summed E-state index contributed by atoms with van der Waals surface area (Å²) in [7, 11) is 0. The molecule has 2 aromatic carbocycles. The van der Waals surface area contributed by atoms with Crippen molar-refractivity contribution in [3.05, 3.63) is 65.2 Å². The predicted molar refractivity (Wildman–Crippen MR) is 125 cm³/mol. The van der Waals surface area contributed by atoms with Gasteiger partial charge in [0, 0.05) is 12.1 Å². The first-order valence-corrected chi connectivity index (χ1v) is 11.5. The fourth-order valence-electron chi connectivity index (χ4n) is 4.44. The number of nitrogens with zero attached hydrogens (tertiary/aromatic N) is 2. The Kier molecular flexibility index (Phi) is 6.99. The van der Waals surface area contributed by atoms with Gasteiger partial charge in [0.05, 0.1) is 11.6 Å². The second-order valence-corrected chi connectivity index (χ2v) is 8.14. The van der Waals surface area contributed by atoms with Crippen LogP contribution < -0.4 is 9.47 Å². The van der Waals surface area contributed by atoms with E-state index in [0.29, 0.717) is 36.8 Å². The second kappa shape index (κ2) is 10.1. The standard InChI is InChI=1S/C26H30N2O5/c1-3-27(4-2)13-8-14-28-23(18-9-6-5-7-10-18)22(25(30)26(28)31)24(29)19-11-12-20-21(17-19)33-16-15-32-20/h5-7,9-12,17,23,29H,3-4,8,13-16H2,1-2H3/b24-22+/t23-/m1/s1. The van der Waals surface area contributed by atoms with Crippen molar-refractivity contribution in [2.45, 2.75) is 26.3 Å². The van der Waals surface area contributed by atoms with Gasteiger partial charge in [0.1, 0.15) is 19.0 Å². The first-order chi connectivity index (χ1) is 16.0. The molecule has 0 unspecified atom stereocenters. The molecule has 1 amide bonds. The van der Waals surface area contributed by atoms with Crippen molar-refractivity contribution in [2.75, 3.05) is 39.4 Å². The Morgan fingerprint density at radius 2 is 1.73 bits per heavy atom. The van der Waals surface area contributed by atoms with E-state index in [1.807, 2.05) is 30.3 Å². The van der Waals surface area contributed by atoms with Crippen LogP contribution in [0, 0.1) is 0 Å². The highest BCUT2D eigenvalue weighted by Crippen LogP contribution is 2.41. The average molecular weight is 451 g/mol. The van der Waals surface area contributed by atoms with Crippen LogP contribution in [0.5, 0.6) is 11.5 Å². The minimum absolute atomic E-state index is 0.103. The molecule has 174 valence electrons. The van der Waals surface area contributed by atoms with E-state index in [1.165, 1.54) is 0 Å². The van der Waals surface area contributed by atoms with Crippen LogP contribution in [0.3, 0.4) is 0 Å². The van der Waals surface area contributed by atoms with Gasteiger partial charge in [-0.2, -0.15) is 0 Å². The molecule has 1 atom stereocenters. The smallest absolute Gasteiger partial charge is 0.295 e. The van der Waals surface area contributed by atoms with Crippen molar-refractivity contribution >= 4 is 17.4 Å². The quantitative estimate of drug-likeness (QED) is 0.376. The van der Waals surface area contributed by atoms with Gasteiger partial charge in [-0.3, -0.25) is 9.59 Å². The van der Waals surface area contributed by atoms with E-state index in [2.05, 4.69) is 18.7 Å². The number of benzene rings is 2. The lowest BCUT2D eigenvalue weighted by atomic mass is 9.95. The number of aliphatic hydroxyl groups excluding tert-OH is 1. The van der Waals surface area contributed by atoms with Crippen LogP contribution in [-0.4, -0.2) is 66.0 Å². The number of hydrogen-bond donors (Lipinski definition) is 1. The van der Waals surface area contributed by atoms with Crippen molar-refractivity contribution in [3.63, 3.8) is 0 Å². The summed E-state index contributed by atoms with van der Waals surface area (Å²) in [6.45, 7) is 8.21. The minimum atomic E-state index is -0.668. The summed E-state index contributed by atoms with van der Waals surface area (Å²) < 4.78 is 11.2. The van der Waals surface area contributed by atoms with Gasteiger partial charge in [0.15, 0.2) is 11.5 Å². The van der Waals surface area contributed by atoms with Gasteiger partial charge < -0.3 is 24.4 Å². The van der Waals surface area contributed by atoms with Crippen LogP contribution in [0.2, 0.25) is 0 Å². The maximum Gasteiger partial charge on any atom is 0.295 e. The molecule has 0 aliphatic carbocycles. The summed E-state index contributed by atoms with van der Waals surface area (Å²) in [5.41, 5.74) is 1.31. The van der Waals surface area contributed by atoms with E-state index < -0.39 is 17.7 Å². The molecule has 2 aliphatic rings. The van der Waals surface area contributed by atoms with E-state index in [4.69, 9.17) is 9.47 Å². The number of aliphatic hydroxyl groups is 1. The van der Waals surface area contributed by atoms with Crippen molar-refractivity contribution < 1.29 is 24.2 Å². The number of rotatable bonds is 8. The summed E-state index contributed by atoms with van der Waals surface area (Å²) in [4.78, 5) is 30.1. The molecule has 4 rings (SSSR count). The summed E-state index contributed by atoms with van der Waals surface area (Å²) in [6.07, 6.45) is 0.738.